The number of aromatic amines is 1. The fraction of sp³-hybridized carbons (Fsp3) is 0.267. The van der Waals surface area contributed by atoms with Gasteiger partial charge in [0.25, 0.3) is 5.56 Å². The number of anilines is 1. The van der Waals surface area contributed by atoms with Gasteiger partial charge < -0.3 is 14.6 Å². The van der Waals surface area contributed by atoms with E-state index in [9.17, 15) is 9.18 Å². The zero-order valence-electron chi connectivity index (χ0n) is 22.2. The minimum atomic E-state index is -0.474. The third kappa shape index (κ3) is 5.30. The van der Waals surface area contributed by atoms with Gasteiger partial charge in [-0.25, -0.2) is 9.07 Å². The highest BCUT2D eigenvalue weighted by Crippen LogP contribution is 2.30. The fourth-order valence-corrected chi connectivity index (χ4v) is 5.33. The van der Waals surface area contributed by atoms with Crippen LogP contribution in [-0.2, 0) is 6.54 Å². The summed E-state index contributed by atoms with van der Waals surface area (Å²) in [6.07, 6.45) is 0. The van der Waals surface area contributed by atoms with Crippen molar-refractivity contribution in [1.29, 1.82) is 0 Å². The molecular weight excluding hydrogens is 509 g/mol. The second kappa shape index (κ2) is 11.3. The number of nitrogens with zero attached hydrogens (tertiary/aromatic N) is 6. The highest BCUT2D eigenvalue weighted by molar-refractivity contribution is 5.80. The van der Waals surface area contributed by atoms with Crippen molar-refractivity contribution >= 4 is 16.6 Å². The summed E-state index contributed by atoms with van der Waals surface area (Å²) >= 11 is 0. The first-order valence-corrected chi connectivity index (χ1v) is 13.4. The molecule has 1 saturated heterocycles. The molecule has 1 fully saturated rings. The van der Waals surface area contributed by atoms with Gasteiger partial charge in [0, 0.05) is 48.3 Å². The van der Waals surface area contributed by atoms with Gasteiger partial charge in [-0.3, -0.25) is 9.69 Å². The number of rotatable bonds is 8. The molecule has 0 radical (unpaired) electrons. The Morgan fingerprint density at radius 1 is 0.975 bits per heavy atom. The maximum atomic E-state index is 13.6. The number of hydrogen-bond donors (Lipinski definition) is 1. The Morgan fingerprint density at radius 3 is 2.50 bits per heavy atom. The maximum absolute atomic E-state index is 13.6. The summed E-state index contributed by atoms with van der Waals surface area (Å²) < 4.78 is 21.0. The van der Waals surface area contributed by atoms with Gasteiger partial charge in [0.1, 0.15) is 17.6 Å². The number of nitrogens with one attached hydrogen (secondary N) is 1. The summed E-state index contributed by atoms with van der Waals surface area (Å²) in [7, 11) is 0. The van der Waals surface area contributed by atoms with Crippen LogP contribution in [-0.4, -0.2) is 62.9 Å². The number of ether oxygens (including phenoxy) is 1. The van der Waals surface area contributed by atoms with Crippen LogP contribution in [0.5, 0.6) is 5.75 Å². The molecule has 1 atom stereocenters. The number of benzene rings is 3. The minimum Gasteiger partial charge on any atom is -0.494 e. The molecule has 1 N–H and O–H groups in total. The van der Waals surface area contributed by atoms with Crippen molar-refractivity contribution in [2.24, 2.45) is 0 Å². The van der Waals surface area contributed by atoms with E-state index in [0.717, 1.165) is 27.9 Å². The molecule has 40 heavy (non-hydrogen) atoms. The highest BCUT2D eigenvalue weighted by atomic mass is 19.1. The molecule has 0 amide bonds. The molecule has 6 rings (SSSR count). The number of H-pyrrole nitrogens is 1. The second-order valence-corrected chi connectivity index (χ2v) is 9.82. The lowest BCUT2D eigenvalue weighted by Crippen LogP contribution is -2.49. The standard InChI is InChI=1S/C30H30FN7O2/c1-2-40-25-12-13-27-22(18-25)19-26(30(39)32-27)28(29-33-34-35-38(29)20-21-6-4-3-5-7-21)37-16-14-36(15-17-37)24-10-8-23(31)9-11-24/h3-13,18-19,28H,2,14-17,20H2,1H3,(H,32,39)/t28-/m0/s1. The van der Waals surface area contributed by atoms with E-state index in [2.05, 4.69) is 30.3 Å². The molecule has 0 saturated carbocycles. The average Bonchev–Trinajstić information content (AvgIpc) is 3.42. The zero-order chi connectivity index (χ0) is 27.5. The monoisotopic (exact) mass is 539 g/mol. The first kappa shape index (κ1) is 25.7. The first-order chi connectivity index (χ1) is 19.6. The molecule has 3 aromatic carbocycles. The van der Waals surface area contributed by atoms with Gasteiger partial charge in [0.2, 0.25) is 0 Å². The first-order valence-electron chi connectivity index (χ1n) is 13.4. The van der Waals surface area contributed by atoms with Crippen molar-refractivity contribution in [3.63, 3.8) is 0 Å². The van der Waals surface area contributed by atoms with Crippen LogP contribution in [0.2, 0.25) is 0 Å². The lowest BCUT2D eigenvalue weighted by atomic mass is 10.0. The van der Waals surface area contributed by atoms with Crippen molar-refractivity contribution < 1.29 is 9.13 Å². The average molecular weight is 540 g/mol. The van der Waals surface area contributed by atoms with Gasteiger partial charge >= 0.3 is 0 Å². The minimum absolute atomic E-state index is 0.183. The highest BCUT2D eigenvalue weighted by Gasteiger charge is 2.33. The molecule has 1 aliphatic heterocycles. The van der Waals surface area contributed by atoms with E-state index in [4.69, 9.17) is 4.74 Å². The molecular formula is C30H30FN7O2. The van der Waals surface area contributed by atoms with Gasteiger partial charge in [-0.1, -0.05) is 30.3 Å². The molecule has 0 aliphatic carbocycles. The number of tetrazole rings is 1. The van der Waals surface area contributed by atoms with Crippen molar-refractivity contribution in [3.8, 4) is 5.75 Å². The number of piperazine rings is 1. The van der Waals surface area contributed by atoms with Crippen LogP contribution in [0.15, 0.2) is 83.7 Å². The van der Waals surface area contributed by atoms with Crippen molar-refractivity contribution in [2.75, 3.05) is 37.7 Å². The summed E-state index contributed by atoms with van der Waals surface area (Å²) in [5.74, 6) is 1.09. The van der Waals surface area contributed by atoms with E-state index in [-0.39, 0.29) is 11.4 Å². The second-order valence-electron chi connectivity index (χ2n) is 9.82. The van der Waals surface area contributed by atoms with E-state index in [1.165, 1.54) is 12.1 Å². The lowest BCUT2D eigenvalue weighted by Gasteiger charge is -2.39. The van der Waals surface area contributed by atoms with Gasteiger partial charge in [-0.15, -0.1) is 5.10 Å². The number of hydrogen-bond acceptors (Lipinski definition) is 7. The Bertz CT molecular complexity index is 1640. The quantitative estimate of drug-likeness (QED) is 0.319. The van der Waals surface area contributed by atoms with E-state index in [0.29, 0.717) is 50.7 Å². The van der Waals surface area contributed by atoms with Gasteiger partial charge in [-0.05, 0) is 71.4 Å². The van der Waals surface area contributed by atoms with Crippen LogP contribution in [0.25, 0.3) is 10.9 Å². The number of pyridine rings is 1. The van der Waals surface area contributed by atoms with Crippen molar-refractivity contribution in [1.82, 2.24) is 30.1 Å². The molecule has 5 aromatic rings. The molecule has 10 heteroatoms. The summed E-state index contributed by atoms with van der Waals surface area (Å²) in [6.45, 7) is 5.72. The predicted octanol–water partition coefficient (Wildman–Crippen LogP) is 4.01. The number of aromatic nitrogens is 5. The number of fused-ring (bicyclic) bond motifs is 1. The lowest BCUT2D eigenvalue weighted by molar-refractivity contribution is 0.200. The summed E-state index contributed by atoms with van der Waals surface area (Å²) in [5, 5.41) is 13.6. The maximum Gasteiger partial charge on any atom is 0.253 e. The van der Waals surface area contributed by atoms with Gasteiger partial charge in [0.05, 0.1) is 13.2 Å². The summed E-state index contributed by atoms with van der Waals surface area (Å²) in [6, 6.07) is 23.7. The molecule has 0 spiro atoms. The molecule has 1 aliphatic rings. The molecule has 3 heterocycles. The zero-order valence-corrected chi connectivity index (χ0v) is 22.2. The van der Waals surface area contributed by atoms with E-state index < -0.39 is 6.04 Å². The smallest absolute Gasteiger partial charge is 0.253 e. The third-order valence-corrected chi connectivity index (χ3v) is 7.30. The Kier molecular flexibility index (Phi) is 7.24. The van der Waals surface area contributed by atoms with E-state index in [1.807, 2.05) is 61.5 Å². The van der Waals surface area contributed by atoms with Crippen LogP contribution in [0, 0.1) is 5.82 Å². The molecule has 9 nitrogen and oxygen atoms in total. The summed E-state index contributed by atoms with van der Waals surface area (Å²) in [5.41, 5.74) is 3.15. The normalized spacial score (nSPS) is 14.9. The Morgan fingerprint density at radius 2 is 1.75 bits per heavy atom. The summed E-state index contributed by atoms with van der Waals surface area (Å²) in [4.78, 5) is 21.1. The van der Waals surface area contributed by atoms with Gasteiger partial charge in [-0.2, -0.15) is 0 Å². The van der Waals surface area contributed by atoms with Crippen LogP contribution >= 0.6 is 0 Å². The van der Waals surface area contributed by atoms with E-state index >= 15 is 0 Å². The topological polar surface area (TPSA) is 92.2 Å². The van der Waals surface area contributed by atoms with Crippen molar-refractivity contribution in [3.05, 3.63) is 112 Å². The van der Waals surface area contributed by atoms with Gasteiger partial charge in [0.15, 0.2) is 5.82 Å². The Balaban J connectivity index is 1.38. The van der Waals surface area contributed by atoms with E-state index in [1.54, 1.807) is 16.8 Å². The van der Waals surface area contributed by atoms with Crippen LogP contribution < -0.4 is 15.2 Å². The van der Waals surface area contributed by atoms with Crippen LogP contribution in [0.1, 0.15) is 29.9 Å². The van der Waals surface area contributed by atoms with Crippen molar-refractivity contribution in [2.45, 2.75) is 19.5 Å². The number of halogens is 1. The predicted molar refractivity (Wildman–Crippen MR) is 151 cm³/mol. The van der Waals surface area contributed by atoms with Crippen LogP contribution in [0.4, 0.5) is 10.1 Å². The third-order valence-electron chi connectivity index (χ3n) is 7.30. The largest absolute Gasteiger partial charge is 0.494 e. The SMILES string of the molecule is CCOc1ccc2[nH]c(=O)c([C@@H](c3nnnn3Cc3ccccc3)N3CCN(c4ccc(F)cc4)CC3)cc2c1. The molecule has 204 valence electrons. The molecule has 0 bridgehead atoms. The Labute approximate surface area is 230 Å². The molecule has 0 unspecified atom stereocenters. The Hall–Kier alpha value is -4.57. The fourth-order valence-electron chi connectivity index (χ4n) is 5.33. The van der Waals surface area contributed by atoms with Crippen LogP contribution in [0.3, 0.4) is 0 Å². The molecule has 2 aromatic heterocycles.